The molecule has 0 saturated heterocycles. The number of carbonyl (C=O) groups is 1. The molecular formula is C24H28N2O2. The van der Waals surface area contributed by atoms with Gasteiger partial charge in [0, 0.05) is 36.0 Å². The molecule has 146 valence electrons. The van der Waals surface area contributed by atoms with Crippen molar-refractivity contribution in [3.8, 4) is 5.75 Å². The van der Waals surface area contributed by atoms with Gasteiger partial charge in [-0.15, -0.1) is 0 Å². The van der Waals surface area contributed by atoms with E-state index in [0.29, 0.717) is 18.9 Å². The maximum atomic E-state index is 12.5. The molecule has 3 aromatic rings. The molecule has 1 fully saturated rings. The molecule has 0 radical (unpaired) electrons. The summed E-state index contributed by atoms with van der Waals surface area (Å²) in [7, 11) is 1.68. The molecule has 1 aliphatic carbocycles. The fourth-order valence-corrected chi connectivity index (χ4v) is 4.39. The Morgan fingerprint density at radius 1 is 1.14 bits per heavy atom. The third kappa shape index (κ3) is 4.06. The van der Waals surface area contributed by atoms with Crippen molar-refractivity contribution in [2.24, 2.45) is 5.92 Å². The van der Waals surface area contributed by atoms with Crippen molar-refractivity contribution >= 4 is 16.8 Å². The predicted molar refractivity (Wildman–Crippen MR) is 113 cm³/mol. The second kappa shape index (κ2) is 8.51. The number of methoxy groups -OCH3 is 1. The maximum absolute atomic E-state index is 12.5. The molecule has 1 unspecified atom stereocenters. The Balaban J connectivity index is 1.56. The van der Waals surface area contributed by atoms with Crippen molar-refractivity contribution < 1.29 is 9.53 Å². The number of hydrogen-bond acceptors (Lipinski definition) is 2. The second-order valence-electron chi connectivity index (χ2n) is 7.77. The molecule has 1 amide bonds. The Morgan fingerprint density at radius 3 is 2.64 bits per heavy atom. The number of ether oxygens (including phenoxy) is 1. The van der Waals surface area contributed by atoms with Crippen LogP contribution in [0.15, 0.2) is 54.7 Å². The first kappa shape index (κ1) is 18.6. The predicted octanol–water partition coefficient (Wildman–Crippen LogP) is 5.00. The highest BCUT2D eigenvalue weighted by molar-refractivity contribution is 5.84. The summed E-state index contributed by atoms with van der Waals surface area (Å²) in [6.45, 7) is 0.597. The smallest absolute Gasteiger partial charge is 0.220 e. The number of rotatable bonds is 7. The van der Waals surface area contributed by atoms with E-state index in [-0.39, 0.29) is 11.8 Å². The fraction of sp³-hybridized carbons (Fsp3) is 0.375. The van der Waals surface area contributed by atoms with Crippen molar-refractivity contribution in [1.82, 2.24) is 10.3 Å². The molecular weight excluding hydrogens is 348 g/mol. The quantitative estimate of drug-likeness (QED) is 0.609. The first-order valence-corrected chi connectivity index (χ1v) is 10.2. The van der Waals surface area contributed by atoms with Crippen LogP contribution in [0.5, 0.6) is 5.75 Å². The monoisotopic (exact) mass is 376 g/mol. The zero-order valence-corrected chi connectivity index (χ0v) is 16.4. The van der Waals surface area contributed by atoms with E-state index >= 15 is 0 Å². The van der Waals surface area contributed by atoms with E-state index in [4.69, 9.17) is 4.74 Å². The molecule has 0 bridgehead atoms. The zero-order chi connectivity index (χ0) is 19.3. The van der Waals surface area contributed by atoms with Crippen molar-refractivity contribution in [3.05, 3.63) is 65.9 Å². The number of amides is 1. The molecule has 1 saturated carbocycles. The molecule has 28 heavy (non-hydrogen) atoms. The summed E-state index contributed by atoms with van der Waals surface area (Å²) >= 11 is 0. The molecule has 1 aromatic heterocycles. The van der Waals surface area contributed by atoms with E-state index in [1.54, 1.807) is 7.11 Å². The average Bonchev–Trinajstić information content (AvgIpc) is 3.39. The van der Waals surface area contributed by atoms with Crippen LogP contribution in [0, 0.1) is 5.92 Å². The first-order valence-electron chi connectivity index (χ1n) is 10.2. The number of carbonyl (C=O) groups excluding carboxylic acids is 1. The largest absolute Gasteiger partial charge is 0.497 e. The molecule has 2 N–H and O–H groups in total. The number of fused-ring (bicyclic) bond motifs is 1. The van der Waals surface area contributed by atoms with Gasteiger partial charge in [-0.1, -0.05) is 43.2 Å². The van der Waals surface area contributed by atoms with Crippen LogP contribution in [0.2, 0.25) is 0 Å². The van der Waals surface area contributed by atoms with Crippen LogP contribution >= 0.6 is 0 Å². The summed E-state index contributed by atoms with van der Waals surface area (Å²) in [5.74, 6) is 1.67. The van der Waals surface area contributed by atoms with Crippen molar-refractivity contribution in [2.45, 2.75) is 38.0 Å². The lowest BCUT2D eigenvalue weighted by Crippen LogP contribution is -2.30. The third-order valence-electron chi connectivity index (χ3n) is 5.97. The molecule has 1 atom stereocenters. The fourth-order valence-electron chi connectivity index (χ4n) is 4.39. The number of H-pyrrole nitrogens is 1. The minimum Gasteiger partial charge on any atom is -0.497 e. The Labute approximate surface area is 166 Å². The van der Waals surface area contributed by atoms with Crippen molar-refractivity contribution in [1.29, 1.82) is 0 Å². The van der Waals surface area contributed by atoms with E-state index in [1.807, 2.05) is 18.2 Å². The molecule has 4 rings (SSSR count). The summed E-state index contributed by atoms with van der Waals surface area (Å²) in [5, 5.41) is 4.41. The summed E-state index contributed by atoms with van der Waals surface area (Å²) in [4.78, 5) is 15.9. The minimum absolute atomic E-state index is 0.0922. The van der Waals surface area contributed by atoms with Gasteiger partial charge in [0.05, 0.1) is 7.11 Å². The van der Waals surface area contributed by atoms with E-state index in [2.05, 4.69) is 46.8 Å². The highest BCUT2D eigenvalue weighted by Gasteiger charge is 2.22. The topological polar surface area (TPSA) is 54.1 Å². The summed E-state index contributed by atoms with van der Waals surface area (Å²) in [6, 6.07) is 16.5. The molecule has 4 heteroatoms. The summed E-state index contributed by atoms with van der Waals surface area (Å²) < 4.78 is 5.31. The van der Waals surface area contributed by atoms with Gasteiger partial charge >= 0.3 is 0 Å². The van der Waals surface area contributed by atoms with Gasteiger partial charge < -0.3 is 15.0 Å². The number of para-hydroxylation sites is 1. The van der Waals surface area contributed by atoms with Crippen LogP contribution in [0.3, 0.4) is 0 Å². The average molecular weight is 376 g/mol. The normalized spacial score (nSPS) is 15.6. The highest BCUT2D eigenvalue weighted by atomic mass is 16.5. The van der Waals surface area contributed by atoms with Crippen LogP contribution in [0.1, 0.15) is 49.1 Å². The first-order chi connectivity index (χ1) is 13.7. The van der Waals surface area contributed by atoms with Gasteiger partial charge in [0.1, 0.15) is 5.75 Å². The van der Waals surface area contributed by atoms with Gasteiger partial charge in [-0.2, -0.15) is 0 Å². The van der Waals surface area contributed by atoms with Crippen LogP contribution < -0.4 is 10.1 Å². The van der Waals surface area contributed by atoms with Crippen LogP contribution in [-0.4, -0.2) is 24.5 Å². The van der Waals surface area contributed by atoms with E-state index in [0.717, 1.165) is 11.3 Å². The number of aromatic nitrogens is 1. The van der Waals surface area contributed by atoms with Crippen LogP contribution in [0.25, 0.3) is 10.9 Å². The lowest BCUT2D eigenvalue weighted by Gasteiger charge is -2.19. The second-order valence-corrected chi connectivity index (χ2v) is 7.77. The Bertz CT molecular complexity index is 923. The van der Waals surface area contributed by atoms with Crippen molar-refractivity contribution in [3.63, 3.8) is 0 Å². The highest BCUT2D eigenvalue weighted by Crippen LogP contribution is 2.32. The molecule has 1 heterocycles. The minimum atomic E-state index is 0.0922. The summed E-state index contributed by atoms with van der Waals surface area (Å²) in [6.07, 6.45) is 7.64. The summed E-state index contributed by atoms with van der Waals surface area (Å²) in [5.41, 5.74) is 3.50. The van der Waals surface area contributed by atoms with E-state index in [9.17, 15) is 4.79 Å². The van der Waals surface area contributed by atoms with Gasteiger partial charge in [0.25, 0.3) is 0 Å². The van der Waals surface area contributed by atoms with E-state index in [1.165, 1.54) is 42.2 Å². The van der Waals surface area contributed by atoms with Crippen LogP contribution in [0.4, 0.5) is 0 Å². The molecule has 1 aliphatic rings. The molecule has 2 aromatic carbocycles. The Kier molecular flexibility index (Phi) is 5.65. The number of hydrogen-bond donors (Lipinski definition) is 2. The van der Waals surface area contributed by atoms with Gasteiger partial charge in [0.2, 0.25) is 5.91 Å². The van der Waals surface area contributed by atoms with Gasteiger partial charge in [-0.25, -0.2) is 0 Å². The van der Waals surface area contributed by atoms with E-state index < -0.39 is 0 Å². The van der Waals surface area contributed by atoms with Gasteiger partial charge in [0.15, 0.2) is 0 Å². The van der Waals surface area contributed by atoms with Crippen LogP contribution in [-0.2, 0) is 4.79 Å². The standard InChI is InChI=1S/C24H28N2O2/c1-28-19-12-10-18(11-13-19)21(15-26-24(27)14-17-6-2-3-7-17)22-16-25-23-9-5-4-8-20(22)23/h4-5,8-13,16-17,21,25H,2-3,6-7,14-15H2,1H3,(H,26,27). The van der Waals surface area contributed by atoms with Crippen molar-refractivity contribution in [2.75, 3.05) is 13.7 Å². The van der Waals surface area contributed by atoms with Gasteiger partial charge in [-0.3, -0.25) is 4.79 Å². The Morgan fingerprint density at radius 2 is 1.89 bits per heavy atom. The maximum Gasteiger partial charge on any atom is 0.220 e. The third-order valence-corrected chi connectivity index (χ3v) is 5.97. The zero-order valence-electron chi connectivity index (χ0n) is 16.4. The SMILES string of the molecule is COc1ccc(C(CNC(=O)CC2CCCC2)c2c[nH]c3ccccc23)cc1. The Hall–Kier alpha value is -2.75. The van der Waals surface area contributed by atoms with Gasteiger partial charge in [-0.05, 0) is 48.1 Å². The molecule has 0 aliphatic heterocycles. The number of aromatic amines is 1. The molecule has 0 spiro atoms. The molecule has 4 nitrogen and oxygen atoms in total. The number of nitrogens with one attached hydrogen (secondary N) is 2. The number of benzene rings is 2. The lowest BCUT2D eigenvalue weighted by molar-refractivity contribution is -0.122. The lowest BCUT2D eigenvalue weighted by atomic mass is 9.90.